The number of benzene rings is 1. The van der Waals surface area contributed by atoms with Gasteiger partial charge in [0.15, 0.2) is 0 Å². The van der Waals surface area contributed by atoms with E-state index in [1.54, 1.807) is 6.07 Å². The molecule has 1 aromatic carbocycles. The topological polar surface area (TPSA) is 66.9 Å². The van der Waals surface area contributed by atoms with Gasteiger partial charge in [-0.1, -0.05) is 39.0 Å². The van der Waals surface area contributed by atoms with Gasteiger partial charge in [-0.05, 0) is 30.4 Å². The van der Waals surface area contributed by atoms with Gasteiger partial charge in [-0.15, -0.1) is 0 Å². The lowest BCUT2D eigenvalue weighted by molar-refractivity contribution is 0.0947. The molecule has 2 aromatic rings. The van der Waals surface area contributed by atoms with Crippen molar-refractivity contribution in [1.82, 2.24) is 15.3 Å². The molecule has 0 aliphatic rings. The Morgan fingerprint density at radius 2 is 2.00 bits per heavy atom. The van der Waals surface area contributed by atoms with Crippen LogP contribution in [0.5, 0.6) is 0 Å². The molecule has 2 rings (SSSR count). The Balaban J connectivity index is 2.06. The molecule has 1 aromatic heterocycles. The van der Waals surface area contributed by atoms with Gasteiger partial charge in [-0.3, -0.25) is 4.79 Å². The van der Waals surface area contributed by atoms with Crippen LogP contribution >= 0.6 is 0 Å². The van der Waals surface area contributed by atoms with Crippen molar-refractivity contribution in [3.8, 4) is 0 Å². The van der Waals surface area contributed by atoms with Crippen molar-refractivity contribution in [2.24, 2.45) is 5.92 Å². The molecule has 0 atom stereocenters. The van der Waals surface area contributed by atoms with Crippen LogP contribution < -0.4 is 10.6 Å². The number of anilines is 2. The molecule has 5 heteroatoms. The number of rotatable bonds is 7. The van der Waals surface area contributed by atoms with E-state index in [-0.39, 0.29) is 5.91 Å². The first-order chi connectivity index (χ1) is 11.1. The Bertz CT molecular complexity index is 655. The van der Waals surface area contributed by atoms with Crippen molar-refractivity contribution in [1.29, 1.82) is 0 Å². The number of carbonyl (C=O) groups is 1. The maximum absolute atomic E-state index is 12.1. The average Bonchev–Trinajstić information content (AvgIpc) is 2.55. The molecule has 0 radical (unpaired) electrons. The van der Waals surface area contributed by atoms with Crippen molar-refractivity contribution in [2.75, 3.05) is 11.9 Å². The molecule has 1 amide bonds. The number of amides is 1. The minimum Gasteiger partial charge on any atom is -0.351 e. The first-order valence-electron chi connectivity index (χ1n) is 8.05. The molecule has 23 heavy (non-hydrogen) atoms. The van der Waals surface area contributed by atoms with Crippen LogP contribution in [0.2, 0.25) is 0 Å². The van der Waals surface area contributed by atoms with E-state index in [0.717, 1.165) is 18.5 Å². The highest BCUT2D eigenvalue weighted by molar-refractivity contribution is 5.92. The summed E-state index contributed by atoms with van der Waals surface area (Å²) < 4.78 is 0. The number of nitrogens with one attached hydrogen (secondary N) is 2. The third kappa shape index (κ3) is 5.06. The van der Waals surface area contributed by atoms with Gasteiger partial charge < -0.3 is 10.6 Å². The fourth-order valence-corrected chi connectivity index (χ4v) is 2.20. The first kappa shape index (κ1) is 16.9. The number of hydrogen-bond acceptors (Lipinski definition) is 4. The maximum Gasteiger partial charge on any atom is 0.270 e. The zero-order chi connectivity index (χ0) is 16.7. The monoisotopic (exact) mass is 312 g/mol. The number of carbonyl (C=O) groups excluding carboxylic acids is 1. The normalized spacial score (nSPS) is 10.6. The highest BCUT2D eigenvalue weighted by Crippen LogP contribution is 2.20. The van der Waals surface area contributed by atoms with Crippen molar-refractivity contribution in [3.63, 3.8) is 0 Å². The van der Waals surface area contributed by atoms with Crippen LogP contribution in [0.3, 0.4) is 0 Å². The lowest BCUT2D eigenvalue weighted by atomic mass is 10.1. The number of nitrogens with zero attached hydrogens (tertiary/aromatic N) is 2. The third-order valence-corrected chi connectivity index (χ3v) is 3.57. The van der Waals surface area contributed by atoms with E-state index in [1.165, 1.54) is 11.9 Å². The van der Waals surface area contributed by atoms with Gasteiger partial charge in [0, 0.05) is 18.3 Å². The Morgan fingerprint density at radius 3 is 2.74 bits per heavy atom. The predicted octanol–water partition coefficient (Wildman–Crippen LogP) is 3.56. The zero-order valence-corrected chi connectivity index (χ0v) is 14.0. The summed E-state index contributed by atoms with van der Waals surface area (Å²) >= 11 is 0. The van der Waals surface area contributed by atoms with Gasteiger partial charge in [0.2, 0.25) is 0 Å². The van der Waals surface area contributed by atoms with Gasteiger partial charge in [-0.25, -0.2) is 9.97 Å². The van der Waals surface area contributed by atoms with Crippen LogP contribution in [0, 0.1) is 5.92 Å². The van der Waals surface area contributed by atoms with E-state index < -0.39 is 0 Å². The van der Waals surface area contributed by atoms with Gasteiger partial charge in [0.1, 0.15) is 17.8 Å². The molecular formula is C18H24N4O. The third-order valence-electron chi connectivity index (χ3n) is 3.57. The van der Waals surface area contributed by atoms with Crippen molar-refractivity contribution in [2.45, 2.75) is 33.6 Å². The fourth-order valence-electron chi connectivity index (χ4n) is 2.20. The maximum atomic E-state index is 12.1. The highest BCUT2D eigenvalue weighted by Gasteiger charge is 2.09. The van der Waals surface area contributed by atoms with Gasteiger partial charge in [-0.2, -0.15) is 0 Å². The standard InChI is InChI=1S/C18H24N4O/c1-4-14-7-5-6-8-15(14)22-17-11-16(20-12-21-17)18(23)19-10-9-13(2)3/h5-8,11-13H,4,9-10H2,1-3H3,(H,19,23)(H,20,21,22). The van der Waals surface area contributed by atoms with E-state index in [4.69, 9.17) is 0 Å². The summed E-state index contributed by atoms with van der Waals surface area (Å²) in [6, 6.07) is 9.74. The molecule has 2 N–H and O–H groups in total. The second-order valence-electron chi connectivity index (χ2n) is 5.86. The van der Waals surface area contributed by atoms with Gasteiger partial charge in [0.25, 0.3) is 5.91 Å². The van der Waals surface area contributed by atoms with Crippen molar-refractivity contribution in [3.05, 3.63) is 47.9 Å². The number of hydrogen-bond donors (Lipinski definition) is 2. The summed E-state index contributed by atoms with van der Waals surface area (Å²) in [6.45, 7) is 7.02. The number of aromatic nitrogens is 2. The minimum atomic E-state index is -0.167. The Kier molecular flexibility index (Phi) is 6.09. The van der Waals surface area contributed by atoms with Crippen LogP contribution in [0.4, 0.5) is 11.5 Å². The Hall–Kier alpha value is -2.43. The fraction of sp³-hybridized carbons (Fsp3) is 0.389. The lowest BCUT2D eigenvalue weighted by Gasteiger charge is -2.11. The molecule has 0 saturated carbocycles. The van der Waals surface area contributed by atoms with Crippen LogP contribution in [0.25, 0.3) is 0 Å². The van der Waals surface area contributed by atoms with E-state index >= 15 is 0 Å². The molecule has 0 unspecified atom stereocenters. The second kappa shape index (κ2) is 8.27. The van der Waals surface area contributed by atoms with E-state index in [2.05, 4.69) is 47.4 Å². The molecule has 1 heterocycles. The minimum absolute atomic E-state index is 0.167. The molecule has 0 aliphatic heterocycles. The Labute approximate surface area is 137 Å². The van der Waals surface area contributed by atoms with Crippen LogP contribution in [-0.4, -0.2) is 22.4 Å². The van der Waals surface area contributed by atoms with Crippen molar-refractivity contribution >= 4 is 17.4 Å². The SMILES string of the molecule is CCc1ccccc1Nc1cc(C(=O)NCCC(C)C)ncn1. The van der Waals surface area contributed by atoms with Crippen LogP contribution in [-0.2, 0) is 6.42 Å². The number of aryl methyl sites for hydroxylation is 1. The molecule has 0 aliphatic carbocycles. The summed E-state index contributed by atoms with van der Waals surface area (Å²) in [5.41, 5.74) is 2.58. The van der Waals surface area contributed by atoms with Crippen molar-refractivity contribution < 1.29 is 4.79 Å². The second-order valence-corrected chi connectivity index (χ2v) is 5.86. The smallest absolute Gasteiger partial charge is 0.270 e. The highest BCUT2D eigenvalue weighted by atomic mass is 16.1. The summed E-state index contributed by atoms with van der Waals surface area (Å²) in [5.74, 6) is 1.01. The molecule has 0 bridgehead atoms. The van der Waals surface area contributed by atoms with Gasteiger partial charge in [0.05, 0.1) is 0 Å². The van der Waals surface area contributed by atoms with Gasteiger partial charge >= 0.3 is 0 Å². The Morgan fingerprint density at radius 1 is 1.22 bits per heavy atom. The quantitative estimate of drug-likeness (QED) is 0.820. The molecule has 0 saturated heterocycles. The summed E-state index contributed by atoms with van der Waals surface area (Å²) in [7, 11) is 0. The number of para-hydroxylation sites is 1. The molecule has 122 valence electrons. The van der Waals surface area contributed by atoms with E-state index in [9.17, 15) is 4.79 Å². The van der Waals surface area contributed by atoms with E-state index in [0.29, 0.717) is 24.0 Å². The predicted molar refractivity (Wildman–Crippen MR) is 92.9 cm³/mol. The largest absolute Gasteiger partial charge is 0.351 e. The zero-order valence-electron chi connectivity index (χ0n) is 14.0. The molecule has 0 fully saturated rings. The molecule has 5 nitrogen and oxygen atoms in total. The summed E-state index contributed by atoms with van der Waals surface area (Å²) in [6.07, 6.45) is 3.29. The molecule has 0 spiro atoms. The summed E-state index contributed by atoms with van der Waals surface area (Å²) in [5, 5.41) is 6.15. The molecular weight excluding hydrogens is 288 g/mol. The lowest BCUT2D eigenvalue weighted by Crippen LogP contribution is -2.26. The summed E-state index contributed by atoms with van der Waals surface area (Å²) in [4.78, 5) is 20.4. The van der Waals surface area contributed by atoms with Crippen LogP contribution in [0.15, 0.2) is 36.7 Å². The average molecular weight is 312 g/mol. The van der Waals surface area contributed by atoms with E-state index in [1.807, 2.05) is 18.2 Å². The van der Waals surface area contributed by atoms with Crippen LogP contribution in [0.1, 0.15) is 43.2 Å². The first-order valence-corrected chi connectivity index (χ1v) is 8.05.